The van der Waals surface area contributed by atoms with Crippen LogP contribution in [0, 0.1) is 0 Å². The van der Waals surface area contributed by atoms with Crippen molar-refractivity contribution in [3.63, 3.8) is 0 Å². The van der Waals surface area contributed by atoms with Crippen LogP contribution in [0.4, 0.5) is 0 Å². The van der Waals surface area contributed by atoms with Gasteiger partial charge < -0.3 is 10.1 Å². The molecule has 0 atom stereocenters. The Hall–Kier alpha value is -2.87. The van der Waals surface area contributed by atoms with Crippen molar-refractivity contribution in [2.75, 3.05) is 26.2 Å². The van der Waals surface area contributed by atoms with Crippen molar-refractivity contribution in [2.24, 2.45) is 0 Å². The molecule has 0 aliphatic carbocycles. The summed E-state index contributed by atoms with van der Waals surface area (Å²) in [5.74, 6) is 0.271. The summed E-state index contributed by atoms with van der Waals surface area (Å²) in [5.41, 5.74) is 2.13. The number of para-hydroxylation sites is 1. The zero-order valence-electron chi connectivity index (χ0n) is 18.0. The number of halogens is 1. The first-order valence-corrected chi connectivity index (χ1v) is 12.6. The summed E-state index contributed by atoms with van der Waals surface area (Å²) < 4.78 is 33.0. The Morgan fingerprint density at radius 1 is 0.970 bits per heavy atom. The summed E-state index contributed by atoms with van der Waals surface area (Å²) in [7, 11) is -3.63. The molecule has 0 spiro atoms. The first kappa shape index (κ1) is 23.3. The standard InChI is InChI=1S/C25H25ClN2O4S/c26-23-13-12-20(33(30,31)28-15-6-7-16-28)18-22(23)25(29)27-14-17-32-24-11-5-4-10-21(24)19-8-2-1-3-9-19/h1-5,8-13,18H,6-7,14-17H2,(H,27,29). The fourth-order valence-corrected chi connectivity index (χ4v) is 5.53. The van der Waals surface area contributed by atoms with Gasteiger partial charge in [-0.15, -0.1) is 0 Å². The molecular formula is C25H25ClN2O4S. The number of carbonyl (C=O) groups excluding carboxylic acids is 1. The van der Waals surface area contributed by atoms with Gasteiger partial charge in [0.05, 0.1) is 22.0 Å². The fraction of sp³-hybridized carbons (Fsp3) is 0.240. The van der Waals surface area contributed by atoms with E-state index in [0.717, 1.165) is 29.7 Å². The van der Waals surface area contributed by atoms with Gasteiger partial charge in [-0.05, 0) is 42.7 Å². The minimum atomic E-state index is -3.63. The molecule has 172 valence electrons. The van der Waals surface area contributed by atoms with E-state index in [4.69, 9.17) is 16.3 Å². The third-order valence-electron chi connectivity index (χ3n) is 5.50. The van der Waals surface area contributed by atoms with Gasteiger partial charge in [0.2, 0.25) is 10.0 Å². The highest BCUT2D eigenvalue weighted by molar-refractivity contribution is 7.89. The molecule has 33 heavy (non-hydrogen) atoms. The average molecular weight is 485 g/mol. The van der Waals surface area contributed by atoms with Crippen LogP contribution in [-0.4, -0.2) is 44.9 Å². The van der Waals surface area contributed by atoms with Crippen molar-refractivity contribution < 1.29 is 17.9 Å². The lowest BCUT2D eigenvalue weighted by molar-refractivity contribution is 0.0947. The van der Waals surface area contributed by atoms with Gasteiger partial charge in [-0.25, -0.2) is 8.42 Å². The average Bonchev–Trinajstić information content (AvgIpc) is 3.39. The summed E-state index contributed by atoms with van der Waals surface area (Å²) in [6.07, 6.45) is 1.68. The molecule has 0 unspecified atom stereocenters. The lowest BCUT2D eigenvalue weighted by Gasteiger charge is -2.16. The minimum absolute atomic E-state index is 0.0759. The number of rotatable bonds is 8. The smallest absolute Gasteiger partial charge is 0.252 e. The van der Waals surface area contributed by atoms with Crippen molar-refractivity contribution in [1.29, 1.82) is 0 Å². The third kappa shape index (κ3) is 5.38. The van der Waals surface area contributed by atoms with Crippen LogP contribution >= 0.6 is 11.6 Å². The maximum absolute atomic E-state index is 12.8. The van der Waals surface area contributed by atoms with E-state index in [0.29, 0.717) is 13.1 Å². The van der Waals surface area contributed by atoms with Gasteiger partial charge in [-0.1, -0.05) is 60.1 Å². The zero-order chi connectivity index (χ0) is 23.3. The molecule has 1 fully saturated rings. The normalized spacial score (nSPS) is 14.2. The molecule has 0 aromatic heterocycles. The molecule has 0 radical (unpaired) electrons. The number of hydrogen-bond donors (Lipinski definition) is 1. The first-order chi connectivity index (χ1) is 16.0. The second-order valence-electron chi connectivity index (χ2n) is 7.72. The SMILES string of the molecule is O=C(NCCOc1ccccc1-c1ccccc1)c1cc(S(=O)(=O)N2CCCC2)ccc1Cl. The minimum Gasteiger partial charge on any atom is -0.491 e. The monoisotopic (exact) mass is 484 g/mol. The Kier molecular flexibility index (Phi) is 7.33. The van der Waals surface area contributed by atoms with Crippen molar-refractivity contribution in [2.45, 2.75) is 17.7 Å². The van der Waals surface area contributed by atoms with Crippen LogP contribution in [0.2, 0.25) is 5.02 Å². The van der Waals surface area contributed by atoms with E-state index in [9.17, 15) is 13.2 Å². The van der Waals surface area contributed by atoms with E-state index in [1.807, 2.05) is 54.6 Å². The fourth-order valence-electron chi connectivity index (χ4n) is 3.79. The predicted molar refractivity (Wildman–Crippen MR) is 129 cm³/mol. The molecule has 3 aromatic rings. The van der Waals surface area contributed by atoms with Gasteiger partial charge in [0.1, 0.15) is 12.4 Å². The van der Waals surface area contributed by atoms with E-state index in [-0.39, 0.29) is 28.6 Å². The Bertz CT molecular complexity index is 1230. The Labute approximate surface area is 199 Å². The molecule has 1 heterocycles. The van der Waals surface area contributed by atoms with Crippen molar-refractivity contribution in [1.82, 2.24) is 9.62 Å². The lowest BCUT2D eigenvalue weighted by Crippen LogP contribution is -2.30. The molecule has 1 saturated heterocycles. The Morgan fingerprint density at radius 3 is 2.42 bits per heavy atom. The highest BCUT2D eigenvalue weighted by Gasteiger charge is 2.28. The molecule has 1 aliphatic heterocycles. The van der Waals surface area contributed by atoms with Crippen molar-refractivity contribution in [3.05, 3.63) is 83.4 Å². The number of amides is 1. The highest BCUT2D eigenvalue weighted by Crippen LogP contribution is 2.29. The van der Waals surface area contributed by atoms with Gasteiger partial charge in [0, 0.05) is 18.7 Å². The van der Waals surface area contributed by atoms with Gasteiger partial charge in [-0.2, -0.15) is 4.31 Å². The van der Waals surface area contributed by atoms with Gasteiger partial charge in [0.15, 0.2) is 0 Å². The van der Waals surface area contributed by atoms with Crippen LogP contribution in [0.15, 0.2) is 77.7 Å². The number of hydrogen-bond acceptors (Lipinski definition) is 4. The van der Waals surface area contributed by atoms with E-state index >= 15 is 0 Å². The second-order valence-corrected chi connectivity index (χ2v) is 10.1. The maximum atomic E-state index is 12.8. The summed E-state index contributed by atoms with van der Waals surface area (Å²) in [5, 5.41) is 2.96. The van der Waals surface area contributed by atoms with E-state index < -0.39 is 15.9 Å². The van der Waals surface area contributed by atoms with Crippen LogP contribution < -0.4 is 10.1 Å². The van der Waals surface area contributed by atoms with E-state index in [1.165, 1.54) is 22.5 Å². The topological polar surface area (TPSA) is 75.7 Å². The van der Waals surface area contributed by atoms with Crippen molar-refractivity contribution in [3.8, 4) is 16.9 Å². The number of ether oxygens (including phenoxy) is 1. The summed E-state index contributed by atoms with van der Waals surface area (Å²) in [6, 6.07) is 21.8. The third-order valence-corrected chi connectivity index (χ3v) is 7.73. The Morgan fingerprint density at radius 2 is 1.67 bits per heavy atom. The lowest BCUT2D eigenvalue weighted by atomic mass is 10.1. The number of sulfonamides is 1. The number of nitrogens with zero attached hydrogens (tertiary/aromatic N) is 1. The molecular weight excluding hydrogens is 460 g/mol. The highest BCUT2D eigenvalue weighted by atomic mass is 35.5. The van der Waals surface area contributed by atoms with E-state index in [1.54, 1.807) is 0 Å². The van der Waals surface area contributed by atoms with Gasteiger partial charge >= 0.3 is 0 Å². The molecule has 0 bridgehead atoms. The molecule has 8 heteroatoms. The van der Waals surface area contributed by atoms with Crippen LogP contribution in [0.25, 0.3) is 11.1 Å². The number of carbonyl (C=O) groups is 1. The summed E-state index contributed by atoms with van der Waals surface area (Å²) >= 11 is 6.20. The van der Waals surface area contributed by atoms with E-state index in [2.05, 4.69) is 5.32 Å². The molecule has 0 saturated carbocycles. The van der Waals surface area contributed by atoms with Crippen LogP contribution in [-0.2, 0) is 10.0 Å². The predicted octanol–water partition coefficient (Wildman–Crippen LogP) is 4.60. The molecule has 1 aliphatic rings. The maximum Gasteiger partial charge on any atom is 0.252 e. The summed E-state index contributed by atoms with van der Waals surface area (Å²) in [4.78, 5) is 12.8. The summed E-state index contributed by atoms with van der Waals surface area (Å²) in [6.45, 7) is 1.48. The van der Waals surface area contributed by atoms with Gasteiger partial charge in [0.25, 0.3) is 5.91 Å². The second kappa shape index (κ2) is 10.4. The number of nitrogens with one attached hydrogen (secondary N) is 1. The molecule has 6 nitrogen and oxygen atoms in total. The molecule has 1 N–H and O–H groups in total. The quantitative estimate of drug-likeness (QED) is 0.474. The molecule has 3 aromatic carbocycles. The van der Waals surface area contributed by atoms with Gasteiger partial charge in [-0.3, -0.25) is 4.79 Å². The van der Waals surface area contributed by atoms with Crippen molar-refractivity contribution >= 4 is 27.5 Å². The molecule has 1 amide bonds. The van der Waals surface area contributed by atoms with Crippen LogP contribution in [0.3, 0.4) is 0 Å². The zero-order valence-corrected chi connectivity index (χ0v) is 19.6. The first-order valence-electron chi connectivity index (χ1n) is 10.8. The number of benzene rings is 3. The Balaban J connectivity index is 1.39. The molecule has 4 rings (SSSR count). The van der Waals surface area contributed by atoms with Crippen LogP contribution in [0.1, 0.15) is 23.2 Å². The van der Waals surface area contributed by atoms with Crippen LogP contribution in [0.5, 0.6) is 5.75 Å². The largest absolute Gasteiger partial charge is 0.491 e.